The van der Waals surface area contributed by atoms with Crippen molar-refractivity contribution in [2.75, 3.05) is 0 Å². The Kier molecular flexibility index (Phi) is 7.54. The van der Waals surface area contributed by atoms with E-state index in [9.17, 15) is 19.5 Å². The van der Waals surface area contributed by atoms with Crippen LogP contribution < -0.4 is 0 Å². The van der Waals surface area contributed by atoms with Crippen LogP contribution in [0, 0.1) is 0 Å². The van der Waals surface area contributed by atoms with E-state index in [4.69, 9.17) is 18.9 Å². The van der Waals surface area contributed by atoms with Gasteiger partial charge in [-0.2, -0.15) is 0 Å². The van der Waals surface area contributed by atoms with Gasteiger partial charge in [0.15, 0.2) is 24.6 Å². The molecule has 1 saturated heterocycles. The Labute approximate surface area is 202 Å². The molecule has 0 unspecified atom stereocenters. The van der Waals surface area contributed by atoms with E-state index in [1.54, 1.807) is 97.9 Å². The van der Waals surface area contributed by atoms with Gasteiger partial charge in [-0.1, -0.05) is 54.6 Å². The summed E-state index contributed by atoms with van der Waals surface area (Å²) in [4.78, 5) is 38.5. The minimum absolute atomic E-state index is 0.226. The summed E-state index contributed by atoms with van der Waals surface area (Å²) in [7, 11) is 0. The van der Waals surface area contributed by atoms with Gasteiger partial charge in [0.25, 0.3) is 0 Å². The highest BCUT2D eigenvalue weighted by Gasteiger charge is 2.50. The third-order valence-corrected chi connectivity index (χ3v) is 5.50. The third kappa shape index (κ3) is 5.74. The maximum Gasteiger partial charge on any atom is 0.338 e. The molecule has 1 heterocycles. The monoisotopic (exact) mass is 476 g/mol. The fraction of sp³-hybridized carbons (Fsp3) is 0.222. The second-order valence-electron chi connectivity index (χ2n) is 7.94. The molecule has 0 spiro atoms. The summed E-state index contributed by atoms with van der Waals surface area (Å²) in [6.45, 7) is 1.56. The van der Waals surface area contributed by atoms with Crippen molar-refractivity contribution in [3.05, 3.63) is 108 Å². The summed E-state index contributed by atoms with van der Waals surface area (Å²) in [6, 6.07) is 24.6. The van der Waals surface area contributed by atoms with E-state index >= 15 is 0 Å². The number of esters is 3. The predicted molar refractivity (Wildman–Crippen MR) is 123 cm³/mol. The van der Waals surface area contributed by atoms with Crippen LogP contribution in [0.15, 0.2) is 91.0 Å². The molecule has 1 N–H and O–H groups in total. The molecule has 5 atom stereocenters. The molecular formula is C27H24O8. The highest BCUT2D eigenvalue weighted by molar-refractivity contribution is 5.91. The van der Waals surface area contributed by atoms with Gasteiger partial charge in [-0.15, -0.1) is 0 Å². The van der Waals surface area contributed by atoms with E-state index in [-0.39, 0.29) is 16.7 Å². The number of carbonyl (C=O) groups excluding carboxylic acids is 3. The normalized spacial score (nSPS) is 23.7. The molecule has 1 aliphatic heterocycles. The zero-order valence-electron chi connectivity index (χ0n) is 18.9. The van der Waals surface area contributed by atoms with Crippen LogP contribution >= 0.6 is 0 Å². The molecule has 0 radical (unpaired) electrons. The maximum absolute atomic E-state index is 12.9. The van der Waals surface area contributed by atoms with Gasteiger partial charge >= 0.3 is 17.9 Å². The van der Waals surface area contributed by atoms with E-state index in [0.717, 1.165) is 0 Å². The van der Waals surface area contributed by atoms with E-state index < -0.39 is 48.6 Å². The summed E-state index contributed by atoms with van der Waals surface area (Å²) < 4.78 is 22.4. The van der Waals surface area contributed by atoms with Gasteiger partial charge < -0.3 is 24.1 Å². The van der Waals surface area contributed by atoms with Gasteiger partial charge in [-0.25, -0.2) is 14.4 Å². The predicted octanol–water partition coefficient (Wildman–Crippen LogP) is 3.40. The number of aliphatic hydroxyl groups excluding tert-OH is 1. The van der Waals surface area contributed by atoms with Crippen molar-refractivity contribution in [3.63, 3.8) is 0 Å². The van der Waals surface area contributed by atoms with Gasteiger partial charge in [0.05, 0.1) is 22.8 Å². The van der Waals surface area contributed by atoms with Crippen LogP contribution in [0.4, 0.5) is 0 Å². The van der Waals surface area contributed by atoms with Crippen molar-refractivity contribution in [1.29, 1.82) is 0 Å². The molecule has 3 aromatic rings. The molecule has 4 rings (SSSR count). The minimum Gasteiger partial charge on any atom is -0.452 e. The number of rotatable bonds is 6. The molecule has 8 heteroatoms. The van der Waals surface area contributed by atoms with E-state index in [0.29, 0.717) is 0 Å². The van der Waals surface area contributed by atoms with E-state index in [2.05, 4.69) is 0 Å². The number of hydrogen-bond donors (Lipinski definition) is 1. The minimum atomic E-state index is -1.63. The molecule has 0 bridgehead atoms. The highest BCUT2D eigenvalue weighted by atomic mass is 16.7. The lowest BCUT2D eigenvalue weighted by molar-refractivity contribution is -0.275. The Morgan fingerprint density at radius 3 is 1.34 bits per heavy atom. The van der Waals surface area contributed by atoms with Crippen LogP contribution in [0.5, 0.6) is 0 Å². The summed E-state index contributed by atoms with van der Waals surface area (Å²) >= 11 is 0. The number of benzene rings is 3. The van der Waals surface area contributed by atoms with Crippen LogP contribution in [0.2, 0.25) is 0 Å². The number of aliphatic hydroxyl groups is 1. The molecule has 1 fully saturated rings. The van der Waals surface area contributed by atoms with Crippen molar-refractivity contribution < 1.29 is 38.4 Å². The topological polar surface area (TPSA) is 108 Å². The van der Waals surface area contributed by atoms with E-state index in [1.807, 2.05) is 0 Å². The SMILES string of the molecule is C[C@@H]1O[C@H](O)[C@@H](OC(=O)c2ccccc2)[C@@H](OC(=O)c2ccccc2)[C@@H]1OC(=O)c1ccccc1. The average molecular weight is 476 g/mol. The lowest BCUT2D eigenvalue weighted by atomic mass is 9.98. The Balaban J connectivity index is 1.63. The molecule has 0 aromatic heterocycles. The first-order valence-corrected chi connectivity index (χ1v) is 11.1. The zero-order valence-corrected chi connectivity index (χ0v) is 18.9. The first kappa shape index (κ1) is 24.1. The fourth-order valence-electron chi connectivity index (χ4n) is 3.71. The van der Waals surface area contributed by atoms with Gasteiger partial charge in [0.1, 0.15) is 0 Å². The summed E-state index contributed by atoms with van der Waals surface area (Å²) in [5, 5.41) is 10.6. The van der Waals surface area contributed by atoms with Gasteiger partial charge in [-0.05, 0) is 43.3 Å². The second kappa shape index (κ2) is 10.9. The van der Waals surface area contributed by atoms with Gasteiger partial charge in [-0.3, -0.25) is 0 Å². The first-order valence-electron chi connectivity index (χ1n) is 11.1. The highest BCUT2D eigenvalue weighted by Crippen LogP contribution is 2.29. The lowest BCUT2D eigenvalue weighted by Gasteiger charge is -2.42. The summed E-state index contributed by atoms with van der Waals surface area (Å²) in [5.74, 6) is -2.18. The fourth-order valence-corrected chi connectivity index (χ4v) is 3.71. The standard InChI is InChI=1S/C27H24O8/c1-17-21(33-24(28)18-11-5-2-6-12-18)22(34-25(29)19-13-7-3-8-14-19)23(27(31)32-17)35-26(30)20-15-9-4-10-16-20/h2-17,21-23,27,31H,1H3/t17-,21+,22-,23-,27-/m0/s1. The van der Waals surface area contributed by atoms with Crippen LogP contribution in [-0.2, 0) is 18.9 Å². The van der Waals surface area contributed by atoms with Crippen LogP contribution in [0.1, 0.15) is 38.0 Å². The summed E-state index contributed by atoms with van der Waals surface area (Å²) in [5.41, 5.74) is 0.739. The van der Waals surface area contributed by atoms with Crippen LogP contribution in [0.25, 0.3) is 0 Å². The average Bonchev–Trinajstić information content (AvgIpc) is 2.89. The van der Waals surface area contributed by atoms with Crippen molar-refractivity contribution in [2.45, 2.75) is 37.6 Å². The zero-order chi connectivity index (χ0) is 24.8. The van der Waals surface area contributed by atoms with Crippen LogP contribution in [-0.4, -0.2) is 53.7 Å². The van der Waals surface area contributed by atoms with Crippen molar-refractivity contribution in [3.8, 4) is 0 Å². The molecule has 35 heavy (non-hydrogen) atoms. The Hall–Kier alpha value is -4.01. The second-order valence-corrected chi connectivity index (χ2v) is 7.94. The molecule has 3 aromatic carbocycles. The Morgan fingerprint density at radius 2 is 0.943 bits per heavy atom. The largest absolute Gasteiger partial charge is 0.452 e. The van der Waals surface area contributed by atoms with Gasteiger partial charge in [0.2, 0.25) is 0 Å². The molecule has 1 aliphatic rings. The molecule has 180 valence electrons. The summed E-state index contributed by atoms with van der Waals surface area (Å²) in [6.07, 6.45) is -6.48. The number of carbonyl (C=O) groups is 3. The maximum atomic E-state index is 12.9. The lowest BCUT2D eigenvalue weighted by Crippen LogP contribution is -2.60. The van der Waals surface area contributed by atoms with Crippen molar-refractivity contribution in [1.82, 2.24) is 0 Å². The number of hydrogen-bond acceptors (Lipinski definition) is 8. The number of ether oxygens (including phenoxy) is 4. The van der Waals surface area contributed by atoms with Gasteiger partial charge in [0, 0.05) is 0 Å². The molecule has 0 aliphatic carbocycles. The third-order valence-electron chi connectivity index (χ3n) is 5.50. The first-order chi connectivity index (χ1) is 16.9. The van der Waals surface area contributed by atoms with Crippen molar-refractivity contribution in [2.24, 2.45) is 0 Å². The van der Waals surface area contributed by atoms with E-state index in [1.165, 1.54) is 0 Å². The molecule has 0 amide bonds. The molecule has 0 saturated carbocycles. The molecule has 8 nitrogen and oxygen atoms in total. The Bertz CT molecular complexity index is 1080. The van der Waals surface area contributed by atoms with Crippen LogP contribution in [0.3, 0.4) is 0 Å². The smallest absolute Gasteiger partial charge is 0.338 e. The quantitative estimate of drug-likeness (QED) is 0.426. The Morgan fingerprint density at radius 1 is 0.600 bits per heavy atom. The molecular weight excluding hydrogens is 452 g/mol. The van der Waals surface area contributed by atoms with Crippen molar-refractivity contribution >= 4 is 17.9 Å².